The van der Waals surface area contributed by atoms with Crippen LogP contribution in [0.4, 0.5) is 10.2 Å². The number of carbonyl (C=O) groups excluding carboxylic acids is 2. The number of halogens is 1. The van der Waals surface area contributed by atoms with Crippen LogP contribution in [0.25, 0.3) is 11.2 Å². The number of carbonyl (C=O) groups is 2. The van der Waals surface area contributed by atoms with Crippen LogP contribution in [0, 0.1) is 18.4 Å². The molecular formula is C26H30FN5O5. The van der Waals surface area contributed by atoms with Crippen LogP contribution >= 0.6 is 0 Å². The van der Waals surface area contributed by atoms with Crippen molar-refractivity contribution < 1.29 is 28.2 Å². The van der Waals surface area contributed by atoms with Crippen molar-refractivity contribution in [1.29, 1.82) is 0 Å². The highest BCUT2D eigenvalue weighted by Gasteiger charge is 2.30. The third-order valence-corrected chi connectivity index (χ3v) is 5.92. The molecule has 0 radical (unpaired) electrons. The number of benzene rings is 1. The summed E-state index contributed by atoms with van der Waals surface area (Å²) >= 11 is 0. The van der Waals surface area contributed by atoms with Crippen LogP contribution < -0.4 is 5.73 Å². The molecule has 0 fully saturated rings. The highest BCUT2D eigenvalue weighted by molar-refractivity contribution is 5.91. The molecule has 0 saturated carbocycles. The number of nitrogens with zero attached hydrogens (tertiary/aromatic N) is 4. The summed E-state index contributed by atoms with van der Waals surface area (Å²) in [6.07, 6.45) is 9.46. The molecule has 0 aliphatic heterocycles. The van der Waals surface area contributed by atoms with Crippen LogP contribution in [0.5, 0.6) is 0 Å². The SMILES string of the molecule is C#CC(CCn1cnc2c(N)nc(F)nc21)(COC(=O)c1ccccc1COC(=O)CCCCC)OC. The maximum absolute atomic E-state index is 13.6. The number of imidazole rings is 1. The summed E-state index contributed by atoms with van der Waals surface area (Å²) in [4.78, 5) is 36.2. The molecule has 0 spiro atoms. The maximum Gasteiger partial charge on any atom is 0.338 e. The van der Waals surface area contributed by atoms with Gasteiger partial charge in [0.15, 0.2) is 17.1 Å². The lowest BCUT2D eigenvalue weighted by atomic mass is 10.0. The van der Waals surface area contributed by atoms with Crippen molar-refractivity contribution in [2.24, 2.45) is 0 Å². The standard InChI is InChI=1S/C26H30FN5O5/c1-4-6-7-12-20(33)36-15-18-10-8-9-11-19(18)24(34)37-16-26(5-2,35-3)13-14-32-17-29-21-22(28)30-25(27)31-23(21)32/h2,8-11,17H,4,6-7,12-16H2,1,3H3,(H2,28,30,31). The zero-order valence-corrected chi connectivity index (χ0v) is 20.9. The number of fused-ring (bicyclic) bond motifs is 1. The molecule has 0 amide bonds. The van der Waals surface area contributed by atoms with E-state index in [-0.39, 0.29) is 54.7 Å². The zero-order valence-electron chi connectivity index (χ0n) is 20.9. The van der Waals surface area contributed by atoms with Crippen molar-refractivity contribution >= 4 is 28.9 Å². The first-order valence-electron chi connectivity index (χ1n) is 11.9. The van der Waals surface area contributed by atoms with E-state index in [1.165, 1.54) is 13.4 Å². The fourth-order valence-electron chi connectivity index (χ4n) is 3.66. The minimum atomic E-state index is -1.27. The molecule has 0 bridgehead atoms. The Hall–Kier alpha value is -4.04. The van der Waals surface area contributed by atoms with Crippen LogP contribution in [0.15, 0.2) is 30.6 Å². The van der Waals surface area contributed by atoms with Crippen molar-refractivity contribution in [1.82, 2.24) is 19.5 Å². The fraction of sp³-hybridized carbons (Fsp3) is 0.423. The average molecular weight is 512 g/mol. The van der Waals surface area contributed by atoms with Gasteiger partial charge >= 0.3 is 18.0 Å². The average Bonchev–Trinajstić information content (AvgIpc) is 3.31. The summed E-state index contributed by atoms with van der Waals surface area (Å²) in [6, 6.07) is 6.71. The van der Waals surface area contributed by atoms with E-state index < -0.39 is 17.6 Å². The van der Waals surface area contributed by atoms with Crippen LogP contribution in [0.1, 0.15) is 54.9 Å². The number of rotatable bonds is 13. The summed E-state index contributed by atoms with van der Waals surface area (Å²) < 4.78 is 31.6. The van der Waals surface area contributed by atoms with Gasteiger partial charge in [0.05, 0.1) is 11.9 Å². The quantitative estimate of drug-likeness (QED) is 0.159. The number of aromatic nitrogens is 4. The number of nitrogen functional groups attached to an aromatic ring is 1. The Kier molecular flexibility index (Phi) is 9.51. The number of hydrogen-bond donors (Lipinski definition) is 1. The molecule has 0 aliphatic carbocycles. The Morgan fingerprint density at radius 3 is 2.73 bits per heavy atom. The first-order chi connectivity index (χ1) is 17.8. The minimum Gasteiger partial charge on any atom is -0.461 e. The lowest BCUT2D eigenvalue weighted by Crippen LogP contribution is -2.37. The number of hydrogen-bond acceptors (Lipinski definition) is 9. The van der Waals surface area contributed by atoms with Crippen molar-refractivity contribution in [3.63, 3.8) is 0 Å². The predicted octanol–water partition coefficient (Wildman–Crippen LogP) is 3.44. The van der Waals surface area contributed by atoms with Gasteiger partial charge in [-0.05, 0) is 12.5 Å². The van der Waals surface area contributed by atoms with Crippen molar-refractivity contribution in [3.8, 4) is 12.3 Å². The number of methoxy groups -OCH3 is 1. The molecule has 2 aromatic heterocycles. The highest BCUT2D eigenvalue weighted by Crippen LogP contribution is 2.22. The number of unbranched alkanes of at least 4 members (excludes halogenated alkanes) is 2. The van der Waals surface area contributed by atoms with Crippen LogP contribution in [-0.2, 0) is 32.2 Å². The van der Waals surface area contributed by atoms with Gasteiger partial charge in [0.1, 0.15) is 18.7 Å². The summed E-state index contributed by atoms with van der Waals surface area (Å²) in [6.45, 7) is 1.99. The van der Waals surface area contributed by atoms with Gasteiger partial charge in [-0.3, -0.25) is 4.79 Å². The van der Waals surface area contributed by atoms with Gasteiger partial charge in [-0.1, -0.05) is 43.9 Å². The van der Waals surface area contributed by atoms with E-state index in [9.17, 15) is 14.0 Å². The minimum absolute atomic E-state index is 0.0456. The molecule has 2 N–H and O–H groups in total. The third-order valence-electron chi connectivity index (χ3n) is 5.92. The number of ether oxygens (including phenoxy) is 3. The van der Waals surface area contributed by atoms with Gasteiger partial charge in [-0.25, -0.2) is 9.78 Å². The van der Waals surface area contributed by atoms with Gasteiger partial charge in [0, 0.05) is 32.1 Å². The zero-order chi connectivity index (χ0) is 26.8. The number of anilines is 1. The summed E-state index contributed by atoms with van der Waals surface area (Å²) in [5, 5.41) is 0. The number of nitrogens with two attached hydrogens (primary N) is 1. The Balaban J connectivity index is 1.64. The first kappa shape index (κ1) is 27.5. The first-order valence-corrected chi connectivity index (χ1v) is 11.9. The topological polar surface area (TPSA) is 131 Å². The smallest absolute Gasteiger partial charge is 0.338 e. The molecule has 0 aliphatic rings. The second-order valence-corrected chi connectivity index (χ2v) is 8.43. The van der Waals surface area contributed by atoms with E-state index in [1.807, 2.05) is 0 Å². The van der Waals surface area contributed by atoms with E-state index in [4.69, 9.17) is 26.4 Å². The lowest BCUT2D eigenvalue weighted by molar-refractivity contribution is -0.145. The monoisotopic (exact) mass is 511 g/mol. The Bertz CT molecular complexity index is 1290. The Morgan fingerprint density at radius 1 is 1.22 bits per heavy atom. The van der Waals surface area contributed by atoms with Gasteiger partial charge in [0.2, 0.25) is 0 Å². The van der Waals surface area contributed by atoms with Crippen molar-refractivity contribution in [2.75, 3.05) is 19.5 Å². The molecule has 0 saturated heterocycles. The summed E-state index contributed by atoms with van der Waals surface area (Å²) in [7, 11) is 1.41. The summed E-state index contributed by atoms with van der Waals surface area (Å²) in [5.41, 5.74) is 5.69. The summed E-state index contributed by atoms with van der Waals surface area (Å²) in [5.74, 6) is 1.52. The van der Waals surface area contributed by atoms with E-state index in [0.29, 0.717) is 12.0 Å². The van der Waals surface area contributed by atoms with Crippen LogP contribution in [-0.4, -0.2) is 50.8 Å². The second kappa shape index (κ2) is 12.8. The van der Waals surface area contributed by atoms with Gasteiger partial charge in [0.25, 0.3) is 0 Å². The molecule has 37 heavy (non-hydrogen) atoms. The number of aryl methyl sites for hydroxylation is 1. The molecule has 196 valence electrons. The van der Waals surface area contributed by atoms with E-state index in [0.717, 1.165) is 19.3 Å². The maximum atomic E-state index is 13.6. The molecule has 1 unspecified atom stereocenters. The molecule has 2 heterocycles. The predicted molar refractivity (Wildman–Crippen MR) is 134 cm³/mol. The molecule has 3 rings (SSSR count). The van der Waals surface area contributed by atoms with Crippen molar-refractivity contribution in [3.05, 3.63) is 47.8 Å². The van der Waals surface area contributed by atoms with Crippen molar-refractivity contribution in [2.45, 2.75) is 57.8 Å². The largest absolute Gasteiger partial charge is 0.461 e. The second-order valence-electron chi connectivity index (χ2n) is 8.43. The Morgan fingerprint density at radius 2 is 2.00 bits per heavy atom. The van der Waals surface area contributed by atoms with Gasteiger partial charge < -0.3 is 24.5 Å². The van der Waals surface area contributed by atoms with Crippen LogP contribution in [0.3, 0.4) is 0 Å². The molecule has 10 nitrogen and oxygen atoms in total. The van der Waals surface area contributed by atoms with E-state index >= 15 is 0 Å². The number of esters is 2. The van der Waals surface area contributed by atoms with Gasteiger partial charge in [-0.2, -0.15) is 14.4 Å². The lowest BCUT2D eigenvalue weighted by Gasteiger charge is -2.26. The normalized spacial score (nSPS) is 12.6. The van der Waals surface area contributed by atoms with E-state index in [2.05, 4.69) is 27.8 Å². The highest BCUT2D eigenvalue weighted by atomic mass is 19.1. The molecule has 11 heteroatoms. The Labute approximate surface area is 214 Å². The molecule has 3 aromatic rings. The molecular weight excluding hydrogens is 481 g/mol. The van der Waals surface area contributed by atoms with E-state index in [1.54, 1.807) is 28.8 Å². The number of terminal acetylenes is 1. The van der Waals surface area contributed by atoms with Crippen LogP contribution in [0.2, 0.25) is 0 Å². The molecule has 1 atom stereocenters. The van der Waals surface area contributed by atoms with Gasteiger partial charge in [-0.15, -0.1) is 6.42 Å². The molecule has 1 aromatic carbocycles. The fourth-order valence-corrected chi connectivity index (χ4v) is 3.66. The third kappa shape index (κ3) is 7.01.